The molecule has 1 atom stereocenters. The highest BCUT2D eigenvalue weighted by atomic mass is 16.5. The smallest absolute Gasteiger partial charge is 0.132 e. The number of nitrogens with zero attached hydrogens (tertiary/aromatic N) is 4. The molecule has 0 bridgehead atoms. The summed E-state index contributed by atoms with van der Waals surface area (Å²) in [6.45, 7) is 5.33. The largest absolute Gasteiger partial charge is 0.488 e. The van der Waals surface area contributed by atoms with Crippen LogP contribution in [-0.4, -0.2) is 65.3 Å². The number of rotatable bonds is 6. The van der Waals surface area contributed by atoms with Gasteiger partial charge in [-0.1, -0.05) is 0 Å². The number of aromatic nitrogens is 4. The molecule has 1 spiro atoms. The maximum atomic E-state index is 6.06. The van der Waals surface area contributed by atoms with E-state index < -0.39 is 0 Å². The second-order valence-electron chi connectivity index (χ2n) is 8.55. The number of benzene rings is 1. The first-order chi connectivity index (χ1) is 15.2. The molecule has 2 saturated heterocycles. The Kier molecular flexibility index (Phi) is 5.50. The molecule has 164 valence electrons. The summed E-state index contributed by atoms with van der Waals surface area (Å²) in [5, 5.41) is 8.61. The third-order valence-corrected chi connectivity index (χ3v) is 6.35. The highest BCUT2D eigenvalue weighted by molar-refractivity contribution is 5.93. The van der Waals surface area contributed by atoms with Gasteiger partial charge in [-0.3, -0.25) is 5.10 Å². The van der Waals surface area contributed by atoms with Gasteiger partial charge in [-0.15, -0.1) is 0 Å². The Morgan fingerprint density at radius 2 is 2.06 bits per heavy atom. The van der Waals surface area contributed by atoms with Gasteiger partial charge in [0, 0.05) is 38.3 Å². The fraction of sp³-hybridized carbons (Fsp3) is 0.522. The van der Waals surface area contributed by atoms with E-state index in [0.29, 0.717) is 6.61 Å². The van der Waals surface area contributed by atoms with Gasteiger partial charge in [-0.25, -0.2) is 9.97 Å². The second kappa shape index (κ2) is 8.43. The average Bonchev–Trinajstić information content (AvgIpc) is 3.41. The molecule has 1 aromatic carbocycles. The summed E-state index contributed by atoms with van der Waals surface area (Å²) in [5.41, 5.74) is 2.65. The van der Waals surface area contributed by atoms with Crippen molar-refractivity contribution in [2.75, 3.05) is 38.3 Å². The third kappa shape index (κ3) is 4.09. The van der Waals surface area contributed by atoms with Crippen molar-refractivity contribution in [3.05, 3.63) is 30.6 Å². The summed E-state index contributed by atoms with van der Waals surface area (Å²) in [7, 11) is 1.67. The quantitative estimate of drug-likeness (QED) is 0.648. The molecule has 0 aliphatic carbocycles. The molecule has 8 nitrogen and oxygen atoms in total. The lowest BCUT2D eigenvalue weighted by molar-refractivity contribution is -0.0147. The molecule has 1 N–H and O–H groups in total. The fourth-order valence-corrected chi connectivity index (χ4v) is 4.71. The normalized spacial score (nSPS) is 19.2. The van der Waals surface area contributed by atoms with Crippen LogP contribution in [0, 0.1) is 0 Å². The van der Waals surface area contributed by atoms with Crippen LogP contribution in [0.25, 0.3) is 22.3 Å². The number of methoxy groups -OCH3 is 1. The van der Waals surface area contributed by atoms with Gasteiger partial charge in [0.15, 0.2) is 0 Å². The second-order valence-corrected chi connectivity index (χ2v) is 8.55. The number of hydrogen-bond donors (Lipinski definition) is 1. The van der Waals surface area contributed by atoms with Crippen molar-refractivity contribution >= 4 is 16.7 Å². The monoisotopic (exact) mass is 423 g/mol. The topological polar surface area (TPSA) is 85.4 Å². The highest BCUT2D eigenvalue weighted by Gasteiger charge is 2.38. The van der Waals surface area contributed by atoms with Gasteiger partial charge in [0.05, 0.1) is 23.4 Å². The minimum Gasteiger partial charge on any atom is -0.488 e. The van der Waals surface area contributed by atoms with E-state index in [1.54, 1.807) is 13.4 Å². The number of nitrogens with one attached hydrogen (secondary N) is 1. The number of fused-ring (bicyclic) bond motifs is 1. The van der Waals surface area contributed by atoms with Crippen molar-refractivity contribution in [1.29, 1.82) is 0 Å². The molecule has 0 saturated carbocycles. The van der Waals surface area contributed by atoms with Crippen LogP contribution in [0.4, 0.5) is 5.82 Å². The van der Waals surface area contributed by atoms with E-state index in [1.807, 2.05) is 31.2 Å². The summed E-state index contributed by atoms with van der Waals surface area (Å²) in [6.07, 6.45) is 6.07. The molecule has 0 unspecified atom stereocenters. The Bertz CT molecular complexity index is 1040. The standard InChI is InChI=1S/C23H29N5O3/c1-16(14-29-2)31-17-4-5-19-18(12-17)22(27-26-19)20-13-21(25-15-24-20)28-9-7-23(8-10-28)6-3-11-30-23/h4-5,12-13,15-16H,3,6-11,14H2,1-2H3,(H,26,27)/t16-/m0/s1. The van der Waals surface area contributed by atoms with E-state index in [1.165, 1.54) is 12.8 Å². The van der Waals surface area contributed by atoms with Gasteiger partial charge in [-0.05, 0) is 50.8 Å². The molecule has 2 aromatic heterocycles. The van der Waals surface area contributed by atoms with Crippen LogP contribution in [0.1, 0.15) is 32.6 Å². The Morgan fingerprint density at radius 3 is 2.84 bits per heavy atom. The minimum atomic E-state index is -0.0327. The first-order valence-electron chi connectivity index (χ1n) is 11.0. The zero-order valence-corrected chi connectivity index (χ0v) is 18.1. The van der Waals surface area contributed by atoms with Crippen molar-refractivity contribution in [3.8, 4) is 17.1 Å². The van der Waals surface area contributed by atoms with E-state index >= 15 is 0 Å². The molecule has 31 heavy (non-hydrogen) atoms. The Labute approximate surface area is 181 Å². The van der Waals surface area contributed by atoms with Gasteiger partial charge in [0.2, 0.25) is 0 Å². The number of ether oxygens (including phenoxy) is 3. The molecule has 3 aromatic rings. The van der Waals surface area contributed by atoms with Crippen molar-refractivity contribution in [2.24, 2.45) is 0 Å². The van der Waals surface area contributed by atoms with Crippen LogP contribution in [0.2, 0.25) is 0 Å². The molecular weight excluding hydrogens is 394 g/mol. The lowest BCUT2D eigenvalue weighted by Gasteiger charge is -2.39. The number of piperidine rings is 1. The number of hydrogen-bond acceptors (Lipinski definition) is 7. The van der Waals surface area contributed by atoms with Crippen LogP contribution in [0.15, 0.2) is 30.6 Å². The first-order valence-corrected chi connectivity index (χ1v) is 11.0. The summed E-state index contributed by atoms with van der Waals surface area (Å²) in [5.74, 6) is 1.72. The summed E-state index contributed by atoms with van der Waals surface area (Å²) >= 11 is 0. The van der Waals surface area contributed by atoms with Crippen molar-refractivity contribution < 1.29 is 14.2 Å². The first kappa shape index (κ1) is 20.2. The van der Waals surface area contributed by atoms with E-state index in [-0.39, 0.29) is 11.7 Å². The number of aromatic amines is 1. The molecular formula is C23H29N5O3. The van der Waals surface area contributed by atoms with Gasteiger partial charge in [-0.2, -0.15) is 5.10 Å². The lowest BCUT2D eigenvalue weighted by Crippen LogP contribution is -2.44. The predicted octanol–water partition coefficient (Wildman–Crippen LogP) is 3.58. The van der Waals surface area contributed by atoms with Crippen LogP contribution in [0.3, 0.4) is 0 Å². The van der Waals surface area contributed by atoms with E-state index in [9.17, 15) is 0 Å². The van der Waals surface area contributed by atoms with Crippen molar-refractivity contribution in [1.82, 2.24) is 20.2 Å². The number of H-pyrrole nitrogens is 1. The Balaban J connectivity index is 1.38. The molecule has 2 aliphatic rings. The summed E-state index contributed by atoms with van der Waals surface area (Å²) in [6, 6.07) is 7.96. The maximum Gasteiger partial charge on any atom is 0.132 e. The fourth-order valence-electron chi connectivity index (χ4n) is 4.71. The predicted molar refractivity (Wildman–Crippen MR) is 118 cm³/mol. The number of anilines is 1. The zero-order chi connectivity index (χ0) is 21.3. The van der Waals surface area contributed by atoms with Gasteiger partial charge >= 0.3 is 0 Å². The van der Waals surface area contributed by atoms with Gasteiger partial charge in [0.25, 0.3) is 0 Å². The Morgan fingerprint density at radius 1 is 1.19 bits per heavy atom. The molecule has 2 fully saturated rings. The molecule has 4 heterocycles. The zero-order valence-electron chi connectivity index (χ0n) is 18.1. The summed E-state index contributed by atoms with van der Waals surface area (Å²) in [4.78, 5) is 11.4. The average molecular weight is 424 g/mol. The molecule has 8 heteroatoms. The van der Waals surface area contributed by atoms with E-state index in [4.69, 9.17) is 14.2 Å². The lowest BCUT2D eigenvalue weighted by atomic mass is 9.89. The van der Waals surface area contributed by atoms with Gasteiger partial charge in [0.1, 0.15) is 29.7 Å². The Hall–Kier alpha value is -2.71. The van der Waals surface area contributed by atoms with Crippen molar-refractivity contribution in [2.45, 2.75) is 44.3 Å². The molecule has 5 rings (SSSR count). The third-order valence-electron chi connectivity index (χ3n) is 6.35. The van der Waals surface area contributed by atoms with E-state index in [2.05, 4.69) is 25.1 Å². The van der Waals surface area contributed by atoms with Crippen LogP contribution < -0.4 is 9.64 Å². The minimum absolute atomic E-state index is 0.0327. The van der Waals surface area contributed by atoms with Gasteiger partial charge < -0.3 is 19.1 Å². The molecule has 0 amide bonds. The maximum absolute atomic E-state index is 6.06. The summed E-state index contributed by atoms with van der Waals surface area (Å²) < 4.78 is 17.2. The highest BCUT2D eigenvalue weighted by Crippen LogP contribution is 2.37. The molecule has 2 aliphatic heterocycles. The van der Waals surface area contributed by atoms with Crippen LogP contribution in [0.5, 0.6) is 5.75 Å². The van der Waals surface area contributed by atoms with E-state index in [0.717, 1.165) is 66.4 Å². The van der Waals surface area contributed by atoms with Crippen LogP contribution in [-0.2, 0) is 9.47 Å². The van der Waals surface area contributed by atoms with Crippen LogP contribution >= 0.6 is 0 Å². The SMILES string of the molecule is COC[C@H](C)Oc1ccc2[nH]nc(-c3cc(N4CCC5(CCCO5)CC4)ncn3)c2c1. The van der Waals surface area contributed by atoms with Crippen molar-refractivity contribution in [3.63, 3.8) is 0 Å². The molecule has 0 radical (unpaired) electrons.